The molecule has 0 radical (unpaired) electrons. The summed E-state index contributed by atoms with van der Waals surface area (Å²) >= 11 is 0. The number of para-hydroxylation sites is 1. The van der Waals surface area contributed by atoms with Gasteiger partial charge in [0.05, 0.1) is 25.7 Å². The van der Waals surface area contributed by atoms with E-state index in [-0.39, 0.29) is 6.04 Å². The lowest BCUT2D eigenvalue weighted by molar-refractivity contribution is -0.984. The van der Waals surface area contributed by atoms with Crippen LogP contribution in [0.4, 0.5) is 0 Å². The standard InChI is InChI=1S/C27H31N2O2/c1-3-20-18-29(17-19-8-10-22(31-2)11-9-19)15-13-21(20)16-26(29)27(30)24-12-14-28-25-7-5-4-6-23(24)25/h3-12,14,20-21,26-27,30H,1,13,15-18H2,2H3/q+1/t20?,21?,26?,27-,29?/m1/s1. The molecule has 1 N–H and O–H groups in total. The van der Waals surface area contributed by atoms with Crippen molar-refractivity contribution in [2.45, 2.75) is 31.5 Å². The number of hydrogen-bond donors (Lipinski definition) is 1. The van der Waals surface area contributed by atoms with Gasteiger partial charge in [-0.2, -0.15) is 0 Å². The molecule has 160 valence electrons. The monoisotopic (exact) mass is 415 g/mol. The summed E-state index contributed by atoms with van der Waals surface area (Å²) in [5.74, 6) is 2.01. The van der Waals surface area contributed by atoms with Crippen molar-refractivity contribution in [1.82, 2.24) is 4.98 Å². The molecule has 0 aliphatic carbocycles. The molecule has 0 saturated carbocycles. The van der Waals surface area contributed by atoms with E-state index in [2.05, 4.69) is 35.8 Å². The number of hydrogen-bond acceptors (Lipinski definition) is 3. The van der Waals surface area contributed by atoms with Gasteiger partial charge in [-0.25, -0.2) is 0 Å². The second-order valence-corrected chi connectivity index (χ2v) is 9.24. The molecule has 1 aromatic heterocycles. The second-order valence-electron chi connectivity index (χ2n) is 9.24. The first-order valence-electron chi connectivity index (χ1n) is 11.3. The minimum Gasteiger partial charge on any atom is -0.497 e. The highest BCUT2D eigenvalue weighted by Crippen LogP contribution is 2.48. The van der Waals surface area contributed by atoms with Crippen molar-refractivity contribution in [3.05, 3.63) is 84.6 Å². The summed E-state index contributed by atoms with van der Waals surface area (Å²) in [6.45, 7) is 7.21. The summed E-state index contributed by atoms with van der Waals surface area (Å²) in [5.41, 5.74) is 3.24. The highest BCUT2D eigenvalue weighted by Gasteiger charge is 2.53. The molecule has 2 aromatic carbocycles. The number of pyridine rings is 1. The van der Waals surface area contributed by atoms with Crippen molar-refractivity contribution in [2.75, 3.05) is 20.2 Å². The minimum atomic E-state index is -0.514. The molecule has 5 atom stereocenters. The fourth-order valence-electron chi connectivity index (χ4n) is 6.06. The fourth-order valence-corrected chi connectivity index (χ4v) is 6.06. The molecule has 2 bridgehead atoms. The van der Waals surface area contributed by atoms with Crippen molar-refractivity contribution in [3.63, 3.8) is 0 Å². The number of aromatic nitrogens is 1. The Kier molecular flexibility index (Phi) is 5.28. The van der Waals surface area contributed by atoms with Gasteiger partial charge in [0.1, 0.15) is 24.4 Å². The van der Waals surface area contributed by atoms with Gasteiger partial charge in [-0.3, -0.25) is 4.98 Å². The molecule has 3 aromatic rings. The van der Waals surface area contributed by atoms with Crippen molar-refractivity contribution in [3.8, 4) is 5.75 Å². The summed E-state index contributed by atoms with van der Waals surface area (Å²) in [6.07, 6.45) is 5.70. The third kappa shape index (κ3) is 3.54. The Balaban J connectivity index is 1.53. The van der Waals surface area contributed by atoms with Gasteiger partial charge in [0.2, 0.25) is 0 Å². The first-order chi connectivity index (χ1) is 15.1. The number of quaternary nitrogens is 1. The Bertz CT molecular complexity index is 1070. The minimum absolute atomic E-state index is 0.169. The van der Waals surface area contributed by atoms with E-state index < -0.39 is 6.10 Å². The van der Waals surface area contributed by atoms with E-state index in [9.17, 15) is 5.11 Å². The van der Waals surface area contributed by atoms with Crippen LogP contribution in [0, 0.1) is 11.8 Å². The third-order valence-corrected chi connectivity index (χ3v) is 7.70. The lowest BCUT2D eigenvalue weighted by Crippen LogP contribution is -2.67. The maximum Gasteiger partial charge on any atom is 0.131 e. The molecule has 31 heavy (non-hydrogen) atoms. The molecule has 4 nitrogen and oxygen atoms in total. The molecule has 4 heteroatoms. The van der Waals surface area contributed by atoms with Crippen LogP contribution in [0.2, 0.25) is 0 Å². The van der Waals surface area contributed by atoms with Crippen molar-refractivity contribution < 1.29 is 14.3 Å². The number of piperidine rings is 3. The first kappa shape index (κ1) is 20.2. The molecule has 3 aliphatic rings. The quantitative estimate of drug-likeness (QED) is 0.460. The van der Waals surface area contributed by atoms with E-state index in [1.807, 2.05) is 42.6 Å². The molecular weight excluding hydrogens is 384 g/mol. The van der Waals surface area contributed by atoms with Crippen molar-refractivity contribution in [2.24, 2.45) is 11.8 Å². The Morgan fingerprint density at radius 2 is 2.00 bits per heavy atom. The first-order valence-corrected chi connectivity index (χ1v) is 11.3. The Morgan fingerprint density at radius 1 is 1.19 bits per heavy atom. The zero-order chi connectivity index (χ0) is 21.4. The smallest absolute Gasteiger partial charge is 0.131 e. The van der Waals surface area contributed by atoms with E-state index in [1.165, 1.54) is 12.0 Å². The number of ether oxygens (including phenoxy) is 1. The van der Waals surface area contributed by atoms with Gasteiger partial charge in [-0.1, -0.05) is 24.3 Å². The van der Waals surface area contributed by atoms with E-state index in [0.717, 1.165) is 52.8 Å². The normalized spacial score (nSPS) is 28.4. The fraction of sp³-hybridized carbons (Fsp3) is 0.370. The van der Waals surface area contributed by atoms with E-state index in [1.54, 1.807) is 7.11 Å². The maximum absolute atomic E-state index is 11.8. The van der Waals surface area contributed by atoms with Gasteiger partial charge in [0, 0.05) is 35.9 Å². The van der Waals surface area contributed by atoms with Crippen LogP contribution in [0.1, 0.15) is 30.1 Å². The Labute approximate surface area is 184 Å². The predicted octanol–water partition coefficient (Wildman–Crippen LogP) is 4.89. The van der Waals surface area contributed by atoms with Gasteiger partial charge in [-0.05, 0) is 47.9 Å². The number of aliphatic hydroxyl groups is 1. The van der Waals surface area contributed by atoms with Crippen LogP contribution in [-0.2, 0) is 6.54 Å². The van der Waals surface area contributed by atoms with E-state index in [0.29, 0.717) is 11.8 Å². The number of nitrogens with zero attached hydrogens (tertiary/aromatic N) is 2. The van der Waals surface area contributed by atoms with Gasteiger partial charge < -0.3 is 14.3 Å². The number of benzene rings is 2. The SMILES string of the molecule is C=CC1C[N+]2(Cc3ccc(OC)cc3)CCC1CC2[C@H](O)c1ccnc2ccccc12. The lowest BCUT2D eigenvalue weighted by Gasteiger charge is -2.58. The van der Waals surface area contributed by atoms with Gasteiger partial charge in [-0.15, -0.1) is 6.58 Å². The van der Waals surface area contributed by atoms with Gasteiger partial charge >= 0.3 is 0 Å². The van der Waals surface area contributed by atoms with Crippen LogP contribution in [0.5, 0.6) is 5.75 Å². The van der Waals surface area contributed by atoms with Crippen LogP contribution in [0.25, 0.3) is 10.9 Å². The van der Waals surface area contributed by atoms with Gasteiger partial charge in [0.15, 0.2) is 0 Å². The third-order valence-electron chi connectivity index (χ3n) is 7.70. The number of methoxy groups -OCH3 is 1. The highest BCUT2D eigenvalue weighted by molar-refractivity contribution is 5.82. The zero-order valence-corrected chi connectivity index (χ0v) is 18.2. The van der Waals surface area contributed by atoms with E-state index >= 15 is 0 Å². The zero-order valence-electron chi connectivity index (χ0n) is 18.2. The summed E-state index contributed by atoms with van der Waals surface area (Å²) in [4.78, 5) is 4.50. The maximum atomic E-state index is 11.8. The predicted molar refractivity (Wildman–Crippen MR) is 124 cm³/mol. The highest BCUT2D eigenvalue weighted by atomic mass is 16.5. The second kappa shape index (κ2) is 8.10. The van der Waals surface area contributed by atoms with E-state index in [4.69, 9.17) is 4.74 Å². The molecule has 3 aliphatic heterocycles. The van der Waals surface area contributed by atoms with Crippen molar-refractivity contribution >= 4 is 10.9 Å². The summed E-state index contributed by atoms with van der Waals surface area (Å²) in [5, 5.41) is 12.8. The molecular formula is C27H31N2O2+. The van der Waals surface area contributed by atoms with Crippen LogP contribution in [0.15, 0.2) is 73.4 Å². The summed E-state index contributed by atoms with van der Waals surface area (Å²) in [6, 6.07) is 18.7. The Hall–Kier alpha value is -2.69. The number of fused-ring (bicyclic) bond motifs is 4. The number of rotatable bonds is 6. The summed E-state index contributed by atoms with van der Waals surface area (Å²) < 4.78 is 6.26. The molecule has 4 unspecified atom stereocenters. The van der Waals surface area contributed by atoms with Crippen LogP contribution in [-0.4, -0.2) is 40.8 Å². The average molecular weight is 416 g/mol. The summed E-state index contributed by atoms with van der Waals surface area (Å²) in [7, 11) is 1.70. The number of aliphatic hydroxyl groups excluding tert-OH is 1. The van der Waals surface area contributed by atoms with Crippen LogP contribution >= 0.6 is 0 Å². The Morgan fingerprint density at radius 3 is 2.77 bits per heavy atom. The van der Waals surface area contributed by atoms with Gasteiger partial charge in [0.25, 0.3) is 0 Å². The average Bonchev–Trinajstić information content (AvgIpc) is 2.83. The largest absolute Gasteiger partial charge is 0.497 e. The molecule has 0 spiro atoms. The molecule has 0 amide bonds. The molecule has 4 heterocycles. The van der Waals surface area contributed by atoms with Crippen LogP contribution in [0.3, 0.4) is 0 Å². The molecule has 3 saturated heterocycles. The van der Waals surface area contributed by atoms with Crippen LogP contribution < -0.4 is 4.74 Å². The topological polar surface area (TPSA) is 42.4 Å². The molecule has 3 fully saturated rings. The lowest BCUT2D eigenvalue weighted by atomic mass is 9.71. The molecule has 6 rings (SSSR count). The van der Waals surface area contributed by atoms with Crippen molar-refractivity contribution in [1.29, 1.82) is 0 Å².